The van der Waals surface area contributed by atoms with Crippen LogP contribution < -0.4 is 16.2 Å². The number of rotatable bonds is 2. The van der Waals surface area contributed by atoms with Crippen LogP contribution in [-0.4, -0.2) is 48.3 Å². The molecule has 0 aromatic carbocycles. The zero-order valence-corrected chi connectivity index (χ0v) is 19.5. The molecule has 3 atom stereocenters. The number of nitrogens with zero attached hydrogens (tertiary/aromatic N) is 4. The Balaban J connectivity index is 1.51. The Labute approximate surface area is 195 Å². The largest absolute Gasteiger partial charge is 0.444 e. The lowest BCUT2D eigenvalue weighted by atomic mass is 9.90. The molecule has 0 aliphatic carbocycles. The van der Waals surface area contributed by atoms with Crippen LogP contribution in [0.15, 0.2) is 29.5 Å². The average molecular weight is 475 g/mol. The molecule has 0 radical (unpaired) electrons. The van der Waals surface area contributed by atoms with Crippen molar-refractivity contribution in [1.82, 2.24) is 24.8 Å². The van der Waals surface area contributed by atoms with Gasteiger partial charge in [0, 0.05) is 31.1 Å². The van der Waals surface area contributed by atoms with Crippen LogP contribution >= 0.6 is 11.6 Å². The molecule has 5 heterocycles. The van der Waals surface area contributed by atoms with Crippen molar-refractivity contribution in [2.24, 2.45) is 0 Å². The zero-order valence-electron chi connectivity index (χ0n) is 18.7. The molecule has 0 saturated carbocycles. The van der Waals surface area contributed by atoms with Gasteiger partial charge in [-0.3, -0.25) is 14.7 Å². The highest BCUT2D eigenvalue weighted by Gasteiger charge is 2.56. The number of aliphatic hydroxyl groups is 1. The molecule has 3 N–H and O–H groups in total. The monoisotopic (exact) mass is 474 g/mol. The van der Waals surface area contributed by atoms with E-state index < -0.39 is 17.5 Å². The van der Waals surface area contributed by atoms with Gasteiger partial charge in [0.05, 0.1) is 10.7 Å². The predicted molar refractivity (Wildman–Crippen MR) is 121 cm³/mol. The number of ether oxygens (including phenoxy) is 1. The minimum absolute atomic E-state index is 0.117. The van der Waals surface area contributed by atoms with Crippen molar-refractivity contribution >= 4 is 29.2 Å². The van der Waals surface area contributed by atoms with Gasteiger partial charge in [0.15, 0.2) is 0 Å². The van der Waals surface area contributed by atoms with Crippen LogP contribution in [0.5, 0.6) is 0 Å². The second-order valence-corrected chi connectivity index (χ2v) is 10.3. The maximum absolute atomic E-state index is 13.6. The summed E-state index contributed by atoms with van der Waals surface area (Å²) in [6, 6.07) is 2.92. The summed E-state index contributed by atoms with van der Waals surface area (Å²) >= 11 is 6.53. The molecule has 2 saturated heterocycles. The summed E-state index contributed by atoms with van der Waals surface area (Å²) in [6.07, 6.45) is 4.05. The minimum Gasteiger partial charge on any atom is -0.444 e. The van der Waals surface area contributed by atoms with Crippen molar-refractivity contribution in [3.8, 4) is 0 Å². The summed E-state index contributed by atoms with van der Waals surface area (Å²) < 4.78 is 7.20. The molecule has 3 aliphatic rings. The Morgan fingerprint density at radius 1 is 1.33 bits per heavy atom. The maximum Gasteiger partial charge on any atom is 0.410 e. The third kappa shape index (κ3) is 3.75. The van der Waals surface area contributed by atoms with Gasteiger partial charge >= 0.3 is 6.09 Å². The fourth-order valence-electron chi connectivity index (χ4n) is 5.39. The van der Waals surface area contributed by atoms with Crippen molar-refractivity contribution in [2.45, 2.75) is 76.0 Å². The van der Waals surface area contributed by atoms with E-state index in [9.17, 15) is 14.7 Å². The fourth-order valence-corrected chi connectivity index (χ4v) is 5.69. The van der Waals surface area contributed by atoms with Gasteiger partial charge in [0.25, 0.3) is 5.56 Å². The number of anilines is 2. The summed E-state index contributed by atoms with van der Waals surface area (Å²) in [5.41, 5.74) is -1.18. The molecule has 1 spiro atoms. The second kappa shape index (κ2) is 7.68. The van der Waals surface area contributed by atoms with Crippen LogP contribution in [-0.2, 0) is 10.4 Å². The third-order valence-electron chi connectivity index (χ3n) is 6.50. The summed E-state index contributed by atoms with van der Waals surface area (Å²) in [5.74, 6) is 0.457. The first-order valence-corrected chi connectivity index (χ1v) is 11.4. The number of carbonyl (C=O) groups excluding carboxylic acids is 1. The molecular formula is C22H27ClN6O4. The first-order chi connectivity index (χ1) is 15.6. The molecule has 1 amide bonds. The van der Waals surface area contributed by atoms with Crippen LogP contribution in [0, 0.1) is 0 Å². The Morgan fingerprint density at radius 3 is 2.64 bits per heavy atom. The molecule has 33 heavy (non-hydrogen) atoms. The Morgan fingerprint density at radius 2 is 2.03 bits per heavy atom. The van der Waals surface area contributed by atoms with Gasteiger partial charge in [-0.25, -0.2) is 14.8 Å². The number of carbonyl (C=O) groups is 1. The van der Waals surface area contributed by atoms with Crippen molar-refractivity contribution in [1.29, 1.82) is 0 Å². The third-order valence-corrected chi connectivity index (χ3v) is 6.80. The summed E-state index contributed by atoms with van der Waals surface area (Å²) in [5, 5.41) is 17.3. The van der Waals surface area contributed by atoms with Crippen LogP contribution in [0.3, 0.4) is 0 Å². The lowest BCUT2D eigenvalue weighted by molar-refractivity contribution is -0.0203. The molecule has 10 nitrogen and oxygen atoms in total. The fraction of sp³-hybridized carbons (Fsp3) is 0.545. The second-order valence-electron chi connectivity index (χ2n) is 9.91. The smallest absolute Gasteiger partial charge is 0.410 e. The van der Waals surface area contributed by atoms with Crippen LogP contribution in [0.1, 0.15) is 58.4 Å². The molecule has 2 bridgehead atoms. The molecule has 3 unspecified atom stereocenters. The average Bonchev–Trinajstić information content (AvgIpc) is 3.17. The summed E-state index contributed by atoms with van der Waals surface area (Å²) in [7, 11) is 0. The molecule has 176 valence electrons. The molecule has 5 rings (SSSR count). The summed E-state index contributed by atoms with van der Waals surface area (Å²) in [6.45, 7) is 5.53. The minimum atomic E-state index is -1.09. The van der Waals surface area contributed by atoms with E-state index >= 15 is 0 Å². The number of fused-ring (bicyclic) bond motifs is 4. The van der Waals surface area contributed by atoms with Gasteiger partial charge in [0.2, 0.25) is 0 Å². The number of aromatic nitrogens is 3. The van der Waals surface area contributed by atoms with E-state index in [2.05, 4.69) is 20.6 Å². The van der Waals surface area contributed by atoms with Crippen LogP contribution in [0.4, 0.5) is 16.3 Å². The molecule has 2 fully saturated rings. The van der Waals surface area contributed by atoms with Crippen molar-refractivity contribution < 1.29 is 14.6 Å². The van der Waals surface area contributed by atoms with E-state index in [4.69, 9.17) is 16.3 Å². The van der Waals surface area contributed by atoms with Gasteiger partial charge in [-0.15, -0.1) is 0 Å². The van der Waals surface area contributed by atoms with Gasteiger partial charge in [-0.05, 0) is 45.7 Å². The number of hydrogen-bond donors (Lipinski definition) is 3. The zero-order chi connectivity index (χ0) is 23.5. The SMILES string of the molecule is CC(C)(C)OC(=O)N1C2CCC1CC1(C2)NC(O)c2c(Cl)cc(Nc3ccncn3)c(=O)n21. The standard InChI is InChI=1S/C22H27ClN6O4/c1-21(2,3)33-20(32)28-12-4-5-13(28)10-22(9-12)27-18(30)17-14(23)8-15(19(31)29(17)22)26-16-6-7-24-11-25-16/h6-8,11-13,18,27,30H,4-5,9-10H2,1-3H3,(H,24,25,26). The van der Waals surface area contributed by atoms with Crippen LogP contribution in [0.2, 0.25) is 5.02 Å². The number of nitrogens with one attached hydrogen (secondary N) is 2. The van der Waals surface area contributed by atoms with E-state index in [1.165, 1.54) is 12.4 Å². The maximum atomic E-state index is 13.6. The van der Waals surface area contributed by atoms with Crippen LogP contribution in [0.25, 0.3) is 0 Å². The molecule has 2 aromatic heterocycles. The van der Waals surface area contributed by atoms with Gasteiger partial charge in [0.1, 0.15) is 35.3 Å². The lowest BCUT2D eigenvalue weighted by Crippen LogP contribution is -2.59. The predicted octanol–water partition coefficient (Wildman–Crippen LogP) is 2.84. The van der Waals surface area contributed by atoms with E-state index in [0.29, 0.717) is 24.4 Å². The Kier molecular flexibility index (Phi) is 5.15. The molecule has 3 aliphatic heterocycles. The number of aliphatic hydroxyl groups excluding tert-OH is 1. The summed E-state index contributed by atoms with van der Waals surface area (Å²) in [4.78, 5) is 36.3. The highest BCUT2D eigenvalue weighted by atomic mass is 35.5. The highest BCUT2D eigenvalue weighted by Crippen LogP contribution is 2.48. The lowest BCUT2D eigenvalue weighted by Gasteiger charge is -2.45. The normalized spacial score (nSPS) is 28.2. The van der Waals surface area contributed by atoms with Gasteiger partial charge in [-0.1, -0.05) is 11.6 Å². The Hall–Kier alpha value is -2.69. The van der Waals surface area contributed by atoms with Gasteiger partial charge in [-0.2, -0.15) is 0 Å². The molecule has 2 aromatic rings. The van der Waals surface area contributed by atoms with Crippen molar-refractivity contribution in [3.05, 3.63) is 45.7 Å². The van der Waals surface area contributed by atoms with Crippen molar-refractivity contribution in [3.63, 3.8) is 0 Å². The highest BCUT2D eigenvalue weighted by molar-refractivity contribution is 6.31. The number of hydrogen-bond acceptors (Lipinski definition) is 8. The quantitative estimate of drug-likeness (QED) is 0.607. The number of halogens is 1. The van der Waals surface area contributed by atoms with E-state index in [1.807, 2.05) is 20.8 Å². The van der Waals surface area contributed by atoms with E-state index in [1.54, 1.807) is 21.7 Å². The van der Waals surface area contributed by atoms with Crippen molar-refractivity contribution in [2.75, 3.05) is 5.32 Å². The first-order valence-electron chi connectivity index (χ1n) is 11.0. The number of piperidine rings is 1. The first kappa shape index (κ1) is 22.1. The van der Waals surface area contributed by atoms with E-state index in [-0.39, 0.29) is 34.4 Å². The molecular weight excluding hydrogens is 448 g/mol. The van der Waals surface area contributed by atoms with E-state index in [0.717, 1.165) is 12.8 Å². The van der Waals surface area contributed by atoms with Gasteiger partial charge < -0.3 is 20.1 Å². The molecule has 11 heteroatoms. The number of pyridine rings is 1. The number of amides is 1. The Bertz CT molecular complexity index is 1130. The topological polar surface area (TPSA) is 122 Å².